The van der Waals surface area contributed by atoms with Crippen molar-refractivity contribution in [1.82, 2.24) is 9.55 Å². The van der Waals surface area contributed by atoms with E-state index in [-0.39, 0.29) is 6.42 Å². The van der Waals surface area contributed by atoms with Gasteiger partial charge in [0, 0.05) is 5.69 Å². The van der Waals surface area contributed by atoms with Crippen molar-refractivity contribution in [3.05, 3.63) is 68.3 Å². The van der Waals surface area contributed by atoms with Crippen LogP contribution < -0.4 is 21.3 Å². The summed E-state index contributed by atoms with van der Waals surface area (Å²) in [5.41, 5.74) is -0.270. The Kier molecular flexibility index (Phi) is 5.32. The lowest BCUT2D eigenvalue weighted by atomic mass is 10.1. The fourth-order valence-corrected chi connectivity index (χ4v) is 3.17. The number of halogens is 1. The lowest BCUT2D eigenvalue weighted by Gasteiger charge is -2.18. The zero-order valence-corrected chi connectivity index (χ0v) is 15.5. The molecule has 3 rings (SSSR count). The van der Waals surface area contributed by atoms with E-state index in [0.717, 1.165) is 4.57 Å². The van der Waals surface area contributed by atoms with Gasteiger partial charge < -0.3 is 15.0 Å². The molecule has 0 spiro atoms. The zero-order valence-electron chi connectivity index (χ0n) is 14.8. The highest BCUT2D eigenvalue weighted by molar-refractivity contribution is 6.32. The number of amides is 1. The maximum absolute atomic E-state index is 12.8. The topological polar surface area (TPSA) is 93.2 Å². The molecule has 3 aromatic rings. The molecule has 0 aliphatic heterocycles. The predicted molar refractivity (Wildman–Crippen MR) is 105 cm³/mol. The molecular weight excluding hydrogens is 370 g/mol. The minimum atomic E-state index is -0.966. The number of methoxy groups -OCH3 is 1. The van der Waals surface area contributed by atoms with Crippen LogP contribution in [0.3, 0.4) is 0 Å². The third kappa shape index (κ3) is 3.59. The lowest BCUT2D eigenvalue weighted by Crippen LogP contribution is -2.42. The van der Waals surface area contributed by atoms with Gasteiger partial charge in [-0.3, -0.25) is 9.59 Å². The molecule has 0 saturated carbocycles. The van der Waals surface area contributed by atoms with Crippen LogP contribution in [0.2, 0.25) is 5.02 Å². The minimum absolute atomic E-state index is 0.261. The number of nitrogens with one attached hydrogen (secondary N) is 2. The van der Waals surface area contributed by atoms with E-state index in [9.17, 15) is 14.4 Å². The quantitative estimate of drug-likeness (QED) is 0.703. The second-order valence-corrected chi connectivity index (χ2v) is 6.32. The molecule has 1 atom stereocenters. The van der Waals surface area contributed by atoms with Crippen molar-refractivity contribution in [2.24, 2.45) is 0 Å². The Bertz CT molecular complexity index is 1120. The second-order valence-electron chi connectivity index (χ2n) is 5.91. The molecule has 0 aliphatic rings. The van der Waals surface area contributed by atoms with Gasteiger partial charge in [-0.25, -0.2) is 9.36 Å². The number of fused-ring (bicyclic) bond motifs is 1. The molecule has 7 nitrogen and oxygen atoms in total. The highest BCUT2D eigenvalue weighted by atomic mass is 35.5. The normalized spacial score (nSPS) is 12.0. The number of nitrogens with zero attached hydrogens (tertiary/aromatic N) is 1. The van der Waals surface area contributed by atoms with Crippen LogP contribution in [0.15, 0.2) is 52.1 Å². The monoisotopic (exact) mass is 387 g/mol. The molecule has 2 N–H and O–H groups in total. The van der Waals surface area contributed by atoms with Gasteiger partial charge in [-0.05, 0) is 36.8 Å². The number of anilines is 1. The Labute approximate surface area is 159 Å². The summed E-state index contributed by atoms with van der Waals surface area (Å²) in [5.74, 6) is -0.00878. The summed E-state index contributed by atoms with van der Waals surface area (Å²) in [6.45, 7) is 1.73. The number of H-pyrrole nitrogens is 1. The van der Waals surface area contributed by atoms with Gasteiger partial charge in [0.1, 0.15) is 11.8 Å². The molecule has 1 amide bonds. The van der Waals surface area contributed by atoms with Crippen LogP contribution in [0.5, 0.6) is 5.75 Å². The SMILES string of the molecule is CCC(C(=O)Nc1ccc(OC)c(Cl)c1)n1c(=O)[nH]c2ccccc2c1=O. The van der Waals surface area contributed by atoms with Crippen molar-refractivity contribution in [1.29, 1.82) is 0 Å². The van der Waals surface area contributed by atoms with E-state index in [4.69, 9.17) is 16.3 Å². The van der Waals surface area contributed by atoms with E-state index >= 15 is 0 Å². The van der Waals surface area contributed by atoms with Crippen LogP contribution in [0.25, 0.3) is 10.9 Å². The smallest absolute Gasteiger partial charge is 0.329 e. The number of ether oxygens (including phenoxy) is 1. The van der Waals surface area contributed by atoms with Gasteiger partial charge in [0.05, 0.1) is 23.0 Å². The van der Waals surface area contributed by atoms with Crippen LogP contribution in [-0.4, -0.2) is 22.6 Å². The Hall–Kier alpha value is -3.06. The maximum atomic E-state index is 12.8. The van der Waals surface area contributed by atoms with Gasteiger partial charge in [0.2, 0.25) is 5.91 Å². The molecule has 2 aromatic carbocycles. The van der Waals surface area contributed by atoms with Gasteiger partial charge >= 0.3 is 5.69 Å². The van der Waals surface area contributed by atoms with Crippen LogP contribution >= 0.6 is 11.6 Å². The summed E-state index contributed by atoms with van der Waals surface area (Å²) in [4.78, 5) is 40.6. The average Bonchev–Trinajstić information content (AvgIpc) is 2.65. The fourth-order valence-electron chi connectivity index (χ4n) is 2.91. The molecule has 1 unspecified atom stereocenters. The summed E-state index contributed by atoms with van der Waals surface area (Å²) < 4.78 is 6.03. The van der Waals surface area contributed by atoms with Crippen molar-refractivity contribution in [3.8, 4) is 5.75 Å². The molecule has 0 bridgehead atoms. The molecular formula is C19H18ClN3O4. The summed E-state index contributed by atoms with van der Waals surface area (Å²) in [6, 6.07) is 10.5. The van der Waals surface area contributed by atoms with E-state index in [0.29, 0.717) is 27.4 Å². The Morgan fingerprint density at radius 1 is 1.26 bits per heavy atom. The standard InChI is InChI=1S/C19H18ClN3O4/c1-3-15(17(24)21-11-8-9-16(27-2)13(20)10-11)23-18(25)12-6-4-5-7-14(12)22-19(23)26/h4-10,15H,3H2,1-2H3,(H,21,24)(H,22,26). The fraction of sp³-hybridized carbons (Fsp3) is 0.211. The number of rotatable bonds is 5. The van der Waals surface area contributed by atoms with Crippen molar-refractivity contribution < 1.29 is 9.53 Å². The molecule has 0 fully saturated rings. The van der Waals surface area contributed by atoms with Crippen molar-refractivity contribution in [3.63, 3.8) is 0 Å². The van der Waals surface area contributed by atoms with E-state index in [1.807, 2.05) is 0 Å². The lowest BCUT2D eigenvalue weighted by molar-refractivity contribution is -0.119. The number of hydrogen-bond acceptors (Lipinski definition) is 4. The second kappa shape index (κ2) is 7.67. The third-order valence-electron chi connectivity index (χ3n) is 4.26. The number of aromatic nitrogens is 2. The summed E-state index contributed by atoms with van der Waals surface area (Å²) >= 11 is 6.07. The zero-order chi connectivity index (χ0) is 19.6. The molecule has 27 heavy (non-hydrogen) atoms. The molecule has 0 saturated heterocycles. The molecule has 8 heteroatoms. The van der Waals surface area contributed by atoms with Crippen molar-refractivity contribution in [2.75, 3.05) is 12.4 Å². The number of hydrogen-bond donors (Lipinski definition) is 2. The average molecular weight is 388 g/mol. The highest BCUT2D eigenvalue weighted by Gasteiger charge is 2.23. The third-order valence-corrected chi connectivity index (χ3v) is 4.55. The van der Waals surface area contributed by atoms with Crippen LogP contribution in [0.4, 0.5) is 5.69 Å². The number of carbonyl (C=O) groups is 1. The van der Waals surface area contributed by atoms with Gasteiger partial charge in [-0.1, -0.05) is 30.7 Å². The van der Waals surface area contributed by atoms with Crippen LogP contribution in [0.1, 0.15) is 19.4 Å². The number of benzene rings is 2. The first-order chi connectivity index (χ1) is 13.0. The molecule has 0 radical (unpaired) electrons. The van der Waals surface area contributed by atoms with Crippen molar-refractivity contribution in [2.45, 2.75) is 19.4 Å². The largest absolute Gasteiger partial charge is 0.495 e. The van der Waals surface area contributed by atoms with Gasteiger partial charge in [0.25, 0.3) is 5.56 Å². The summed E-state index contributed by atoms with van der Waals surface area (Å²) in [6.07, 6.45) is 0.261. The summed E-state index contributed by atoms with van der Waals surface area (Å²) in [5, 5.41) is 3.38. The Balaban J connectivity index is 1.99. The predicted octanol–water partition coefficient (Wildman–Crippen LogP) is 2.94. The van der Waals surface area contributed by atoms with E-state index < -0.39 is 23.2 Å². The molecule has 140 valence electrons. The van der Waals surface area contributed by atoms with Crippen LogP contribution in [-0.2, 0) is 4.79 Å². The van der Waals surface area contributed by atoms with E-state index in [2.05, 4.69) is 10.3 Å². The first kappa shape index (κ1) is 18.7. The van der Waals surface area contributed by atoms with Gasteiger partial charge in [-0.15, -0.1) is 0 Å². The number of carbonyl (C=O) groups excluding carboxylic acids is 1. The Morgan fingerprint density at radius 2 is 2.00 bits per heavy atom. The molecule has 1 heterocycles. The molecule has 1 aromatic heterocycles. The van der Waals surface area contributed by atoms with Gasteiger partial charge in [-0.2, -0.15) is 0 Å². The number of aromatic amines is 1. The van der Waals surface area contributed by atoms with E-state index in [1.165, 1.54) is 7.11 Å². The highest BCUT2D eigenvalue weighted by Crippen LogP contribution is 2.27. The Morgan fingerprint density at radius 3 is 2.67 bits per heavy atom. The first-order valence-corrected chi connectivity index (χ1v) is 8.72. The first-order valence-electron chi connectivity index (χ1n) is 8.34. The van der Waals surface area contributed by atoms with E-state index in [1.54, 1.807) is 49.4 Å². The van der Waals surface area contributed by atoms with Gasteiger partial charge in [0.15, 0.2) is 0 Å². The number of para-hydroxylation sites is 1. The maximum Gasteiger partial charge on any atom is 0.329 e. The molecule has 0 aliphatic carbocycles. The van der Waals surface area contributed by atoms with Crippen molar-refractivity contribution >= 4 is 34.1 Å². The van der Waals surface area contributed by atoms with Crippen LogP contribution in [0, 0.1) is 0 Å². The minimum Gasteiger partial charge on any atom is -0.495 e. The summed E-state index contributed by atoms with van der Waals surface area (Å²) in [7, 11) is 1.49.